The van der Waals surface area contributed by atoms with E-state index in [-0.39, 0.29) is 16.1 Å². The van der Waals surface area contributed by atoms with Gasteiger partial charge in [-0.05, 0) is 85.9 Å². The minimum Gasteiger partial charge on any atom is -0.318 e. The van der Waals surface area contributed by atoms with Crippen LogP contribution in [-0.2, 0) is 15.0 Å². The molecule has 3 aromatic rings. The van der Waals surface area contributed by atoms with Crippen molar-refractivity contribution < 1.29 is 9.59 Å². The van der Waals surface area contributed by atoms with E-state index >= 15 is 0 Å². The van der Waals surface area contributed by atoms with Gasteiger partial charge in [-0.2, -0.15) is 0 Å². The molecule has 0 bridgehead atoms. The number of thiocarbonyl (C=S) groups is 1. The molecule has 1 N–H and O–H groups in total. The topological polar surface area (TPSA) is 54.3 Å². The van der Waals surface area contributed by atoms with Crippen molar-refractivity contribution in [2.75, 3.05) is 4.90 Å². The Morgan fingerprint density at radius 3 is 2.06 bits per heavy atom. The zero-order valence-corrected chi connectivity index (χ0v) is 21.2. The van der Waals surface area contributed by atoms with Crippen LogP contribution in [0, 0.1) is 20.8 Å². The van der Waals surface area contributed by atoms with Crippen molar-refractivity contribution in [3.63, 3.8) is 0 Å². The number of aryl methyl sites for hydroxylation is 2. The highest BCUT2D eigenvalue weighted by Crippen LogP contribution is 2.28. The van der Waals surface area contributed by atoms with E-state index in [9.17, 15) is 9.59 Å². The summed E-state index contributed by atoms with van der Waals surface area (Å²) in [7, 11) is 0. The Morgan fingerprint density at radius 1 is 0.882 bits per heavy atom. The van der Waals surface area contributed by atoms with Crippen LogP contribution in [0.4, 0.5) is 5.69 Å². The second-order valence-corrected chi connectivity index (χ2v) is 10.1. The third-order valence-corrected chi connectivity index (χ3v) is 6.44. The summed E-state index contributed by atoms with van der Waals surface area (Å²) in [6, 6.07) is 17.9. The Balaban J connectivity index is 1.72. The Labute approximate surface area is 206 Å². The Hall–Kier alpha value is -3.51. The summed E-state index contributed by atoms with van der Waals surface area (Å²) in [5.74, 6) is -0.922. The predicted molar refractivity (Wildman–Crippen MR) is 141 cm³/mol. The Morgan fingerprint density at radius 2 is 1.47 bits per heavy atom. The summed E-state index contributed by atoms with van der Waals surface area (Å²) in [4.78, 5) is 27.4. The van der Waals surface area contributed by atoms with Gasteiger partial charge in [-0.15, -0.1) is 0 Å². The molecule has 0 aliphatic carbocycles. The number of aromatic nitrogens is 1. The Bertz CT molecular complexity index is 1320. The summed E-state index contributed by atoms with van der Waals surface area (Å²) < 4.78 is 2.13. The maximum absolute atomic E-state index is 13.3. The number of carbonyl (C=O) groups is 2. The number of amides is 2. The minimum absolute atomic E-state index is 0.0532. The largest absolute Gasteiger partial charge is 0.318 e. The fourth-order valence-corrected chi connectivity index (χ4v) is 4.46. The molecule has 1 aliphatic heterocycles. The Kier molecular flexibility index (Phi) is 6.04. The molecule has 1 aliphatic rings. The number of carbonyl (C=O) groups excluding carboxylic acids is 2. The fourth-order valence-electron chi connectivity index (χ4n) is 4.18. The lowest BCUT2D eigenvalue weighted by atomic mass is 9.87. The van der Waals surface area contributed by atoms with Gasteiger partial charge in [-0.3, -0.25) is 19.8 Å². The number of benzene rings is 2. The monoisotopic (exact) mass is 471 g/mol. The lowest BCUT2D eigenvalue weighted by Crippen LogP contribution is -2.54. The summed E-state index contributed by atoms with van der Waals surface area (Å²) >= 11 is 5.31. The molecule has 0 saturated carbocycles. The number of nitrogens with one attached hydrogen (secondary N) is 1. The van der Waals surface area contributed by atoms with E-state index in [4.69, 9.17) is 12.2 Å². The number of nitrogens with zero attached hydrogens (tertiary/aromatic N) is 2. The van der Waals surface area contributed by atoms with E-state index < -0.39 is 11.8 Å². The van der Waals surface area contributed by atoms with E-state index in [1.807, 2.05) is 51.1 Å². The van der Waals surface area contributed by atoms with Gasteiger partial charge in [0.25, 0.3) is 11.8 Å². The first-order chi connectivity index (χ1) is 16.0. The van der Waals surface area contributed by atoms with Crippen molar-refractivity contribution in [1.82, 2.24) is 9.88 Å². The van der Waals surface area contributed by atoms with E-state index in [2.05, 4.69) is 54.9 Å². The molecule has 174 valence electrons. The molecule has 0 atom stereocenters. The third-order valence-electron chi connectivity index (χ3n) is 6.16. The van der Waals surface area contributed by atoms with Crippen molar-refractivity contribution in [1.29, 1.82) is 0 Å². The molecular formula is C28H29N3O2S. The molecule has 2 amide bonds. The van der Waals surface area contributed by atoms with Crippen LogP contribution < -0.4 is 10.2 Å². The maximum Gasteiger partial charge on any atom is 0.270 e. The highest BCUT2D eigenvalue weighted by molar-refractivity contribution is 7.80. The van der Waals surface area contributed by atoms with E-state index in [0.717, 1.165) is 28.2 Å². The quantitative estimate of drug-likeness (QED) is 0.310. The van der Waals surface area contributed by atoms with Crippen LogP contribution in [-0.4, -0.2) is 21.5 Å². The third kappa shape index (κ3) is 4.33. The van der Waals surface area contributed by atoms with Crippen molar-refractivity contribution in [3.05, 3.63) is 88.2 Å². The fraction of sp³-hybridized carbons (Fsp3) is 0.250. The van der Waals surface area contributed by atoms with Gasteiger partial charge in [0.2, 0.25) is 0 Å². The summed E-state index contributed by atoms with van der Waals surface area (Å²) in [5, 5.41) is 2.74. The molecule has 6 heteroatoms. The summed E-state index contributed by atoms with van der Waals surface area (Å²) in [6.07, 6.45) is 1.66. The van der Waals surface area contributed by atoms with Crippen LogP contribution in [0.2, 0.25) is 0 Å². The van der Waals surface area contributed by atoms with Gasteiger partial charge >= 0.3 is 0 Å². The lowest BCUT2D eigenvalue weighted by Gasteiger charge is -2.29. The van der Waals surface area contributed by atoms with Crippen LogP contribution in [0.15, 0.2) is 60.2 Å². The summed E-state index contributed by atoms with van der Waals surface area (Å²) in [5.41, 5.74) is 6.90. The van der Waals surface area contributed by atoms with Crippen LogP contribution in [0.3, 0.4) is 0 Å². The normalized spacial score (nSPS) is 15.8. The molecule has 1 saturated heterocycles. The average Bonchev–Trinajstić information content (AvgIpc) is 3.04. The van der Waals surface area contributed by atoms with Gasteiger partial charge in [-0.25, -0.2) is 0 Å². The minimum atomic E-state index is -0.488. The molecular weight excluding hydrogens is 442 g/mol. The first kappa shape index (κ1) is 23.6. The van der Waals surface area contributed by atoms with Gasteiger partial charge in [0.15, 0.2) is 5.11 Å². The molecule has 4 rings (SSSR count). The van der Waals surface area contributed by atoms with Gasteiger partial charge < -0.3 is 4.57 Å². The molecule has 2 aromatic carbocycles. The van der Waals surface area contributed by atoms with Crippen molar-refractivity contribution in [2.24, 2.45) is 0 Å². The molecule has 0 radical (unpaired) electrons. The van der Waals surface area contributed by atoms with Gasteiger partial charge in [0.05, 0.1) is 5.69 Å². The van der Waals surface area contributed by atoms with Gasteiger partial charge in [-0.1, -0.05) is 50.6 Å². The van der Waals surface area contributed by atoms with E-state index in [1.165, 1.54) is 10.5 Å². The lowest BCUT2D eigenvalue weighted by molar-refractivity contribution is -0.122. The average molecular weight is 472 g/mol. The molecule has 1 aromatic heterocycles. The maximum atomic E-state index is 13.3. The van der Waals surface area contributed by atoms with Crippen LogP contribution in [0.1, 0.15) is 48.8 Å². The molecule has 5 nitrogen and oxygen atoms in total. The van der Waals surface area contributed by atoms with Gasteiger partial charge in [0, 0.05) is 17.1 Å². The highest BCUT2D eigenvalue weighted by Gasteiger charge is 2.34. The van der Waals surface area contributed by atoms with Gasteiger partial charge in [0.1, 0.15) is 5.57 Å². The van der Waals surface area contributed by atoms with E-state index in [1.54, 1.807) is 6.08 Å². The summed E-state index contributed by atoms with van der Waals surface area (Å²) in [6.45, 7) is 12.6. The molecule has 2 heterocycles. The van der Waals surface area contributed by atoms with Crippen LogP contribution >= 0.6 is 12.2 Å². The predicted octanol–water partition coefficient (Wildman–Crippen LogP) is 5.53. The number of hydrogen-bond acceptors (Lipinski definition) is 3. The number of hydrogen-bond donors (Lipinski definition) is 1. The molecule has 0 spiro atoms. The SMILES string of the molecule is Cc1ccc(N2C(=O)/C(=C/c3cc(C)n(-c4ccc(C(C)(C)C)cc4)c3C)C(=O)NC2=S)cc1. The molecule has 34 heavy (non-hydrogen) atoms. The molecule has 1 fully saturated rings. The van der Waals surface area contributed by atoms with Crippen LogP contribution in [0.5, 0.6) is 0 Å². The zero-order chi connectivity index (χ0) is 24.8. The first-order valence-electron chi connectivity index (χ1n) is 11.3. The standard InChI is InChI=1S/C28H29N3O2S/c1-17-7-11-23(12-8-17)31-26(33)24(25(32)29-27(31)34)16-20-15-18(2)30(19(20)3)22-13-9-21(10-14-22)28(4,5)6/h7-16H,1-6H3,(H,29,32,34)/b24-16+. The van der Waals surface area contributed by atoms with Crippen LogP contribution in [0.25, 0.3) is 11.8 Å². The smallest absolute Gasteiger partial charge is 0.270 e. The van der Waals surface area contributed by atoms with E-state index in [0.29, 0.717) is 5.69 Å². The highest BCUT2D eigenvalue weighted by atomic mass is 32.1. The number of rotatable bonds is 3. The number of anilines is 1. The second-order valence-electron chi connectivity index (χ2n) is 9.75. The van der Waals surface area contributed by atoms with Crippen molar-refractivity contribution in [2.45, 2.75) is 47.0 Å². The second kappa shape index (κ2) is 8.69. The zero-order valence-electron chi connectivity index (χ0n) is 20.4. The van der Waals surface area contributed by atoms with Crippen molar-refractivity contribution in [3.8, 4) is 5.69 Å². The molecule has 0 unspecified atom stereocenters. The van der Waals surface area contributed by atoms with Crippen molar-refractivity contribution >= 4 is 40.9 Å². The first-order valence-corrected chi connectivity index (χ1v) is 11.7.